The number of nitrogens with one attached hydrogen (secondary N) is 1. The molecule has 13 heavy (non-hydrogen) atoms. The van der Waals surface area contributed by atoms with Gasteiger partial charge in [-0.1, -0.05) is 6.07 Å². The van der Waals surface area contributed by atoms with Crippen molar-refractivity contribution in [3.05, 3.63) is 34.3 Å². The van der Waals surface area contributed by atoms with Gasteiger partial charge in [0.15, 0.2) is 0 Å². The largest absolute Gasteiger partial charge is 0.432 e. The molecule has 2 aromatic rings. The van der Waals surface area contributed by atoms with Gasteiger partial charge in [-0.25, -0.2) is 0 Å². The first kappa shape index (κ1) is 8.31. The molecule has 0 aromatic carbocycles. The Morgan fingerprint density at radius 3 is 3.15 bits per heavy atom. The second-order valence-electron chi connectivity index (χ2n) is 2.65. The van der Waals surface area contributed by atoms with Crippen molar-refractivity contribution in [3.63, 3.8) is 0 Å². The Kier molecular flexibility index (Phi) is 2.31. The van der Waals surface area contributed by atoms with Gasteiger partial charge >= 0.3 is 0 Å². The monoisotopic (exact) mass is 194 g/mol. The van der Waals surface area contributed by atoms with Gasteiger partial charge in [0.2, 0.25) is 0 Å². The van der Waals surface area contributed by atoms with E-state index >= 15 is 0 Å². The van der Waals surface area contributed by atoms with E-state index in [2.05, 4.69) is 21.7 Å². The molecular weight excluding hydrogens is 184 g/mol. The van der Waals surface area contributed by atoms with Crippen molar-refractivity contribution >= 4 is 17.4 Å². The number of hydrogen-bond donors (Lipinski definition) is 1. The van der Waals surface area contributed by atoms with E-state index in [1.807, 2.05) is 6.07 Å². The molecule has 1 N–H and O–H groups in total. The number of aromatic nitrogens is 1. The Morgan fingerprint density at radius 2 is 2.54 bits per heavy atom. The maximum Gasteiger partial charge on any atom is 0.294 e. The summed E-state index contributed by atoms with van der Waals surface area (Å²) in [6.07, 6.45) is 2.54. The maximum atomic E-state index is 5.14. The van der Waals surface area contributed by atoms with Gasteiger partial charge < -0.3 is 9.73 Å². The smallest absolute Gasteiger partial charge is 0.294 e. The van der Waals surface area contributed by atoms with Crippen molar-refractivity contribution < 1.29 is 4.42 Å². The molecule has 0 unspecified atom stereocenters. The fourth-order valence-corrected chi connectivity index (χ4v) is 1.81. The Balaban J connectivity index is 2.10. The Morgan fingerprint density at radius 1 is 1.62 bits per heavy atom. The van der Waals surface area contributed by atoms with Crippen molar-refractivity contribution in [2.45, 2.75) is 6.42 Å². The lowest BCUT2D eigenvalue weighted by atomic mass is 10.3. The average molecular weight is 194 g/mol. The van der Waals surface area contributed by atoms with E-state index in [-0.39, 0.29) is 0 Å². The number of nitrogens with zero attached hydrogens (tertiary/aromatic N) is 1. The predicted octanol–water partition coefficient (Wildman–Crippen LogP) is 2.37. The molecular formula is C9H10N2OS. The van der Waals surface area contributed by atoms with E-state index in [9.17, 15) is 0 Å². The van der Waals surface area contributed by atoms with Crippen LogP contribution in [0.15, 0.2) is 28.2 Å². The fourth-order valence-electron chi connectivity index (χ4n) is 1.09. The summed E-state index contributed by atoms with van der Waals surface area (Å²) in [5.74, 6) is 0. The molecule has 3 nitrogen and oxygen atoms in total. The molecule has 0 aliphatic rings. The van der Waals surface area contributed by atoms with E-state index in [1.165, 1.54) is 4.88 Å². The van der Waals surface area contributed by atoms with Crippen molar-refractivity contribution in [3.8, 4) is 0 Å². The lowest BCUT2D eigenvalue weighted by Crippen LogP contribution is -1.89. The summed E-state index contributed by atoms with van der Waals surface area (Å²) in [5, 5.41) is 4.92. The van der Waals surface area contributed by atoms with Crippen LogP contribution >= 0.6 is 11.3 Å². The van der Waals surface area contributed by atoms with Crippen molar-refractivity contribution in [2.75, 3.05) is 12.4 Å². The van der Waals surface area contributed by atoms with E-state index < -0.39 is 0 Å². The highest BCUT2D eigenvalue weighted by molar-refractivity contribution is 7.09. The zero-order valence-corrected chi connectivity index (χ0v) is 8.10. The van der Waals surface area contributed by atoms with Gasteiger partial charge in [-0.05, 0) is 11.4 Å². The number of hydrogen-bond acceptors (Lipinski definition) is 4. The molecule has 0 atom stereocenters. The second kappa shape index (κ2) is 3.62. The van der Waals surface area contributed by atoms with Crippen molar-refractivity contribution in [1.82, 2.24) is 4.98 Å². The van der Waals surface area contributed by atoms with Crippen molar-refractivity contribution in [2.24, 2.45) is 0 Å². The van der Waals surface area contributed by atoms with Crippen LogP contribution in [0.2, 0.25) is 0 Å². The molecule has 4 heteroatoms. The molecule has 0 fully saturated rings. The first-order valence-corrected chi connectivity index (χ1v) is 4.91. The highest BCUT2D eigenvalue weighted by atomic mass is 32.1. The zero-order valence-electron chi connectivity index (χ0n) is 7.28. The minimum absolute atomic E-state index is 0.576. The topological polar surface area (TPSA) is 38.1 Å². The predicted molar refractivity (Wildman–Crippen MR) is 53.2 cm³/mol. The van der Waals surface area contributed by atoms with E-state index in [4.69, 9.17) is 4.42 Å². The molecule has 0 aliphatic heterocycles. The molecule has 0 spiro atoms. The molecule has 0 bridgehead atoms. The number of rotatable bonds is 3. The van der Waals surface area contributed by atoms with Crippen LogP contribution in [0.3, 0.4) is 0 Å². The molecule has 2 heterocycles. The number of thiophene rings is 1. The van der Waals surface area contributed by atoms with Crippen LogP contribution in [0, 0.1) is 0 Å². The van der Waals surface area contributed by atoms with Crippen LogP contribution in [-0.2, 0) is 6.42 Å². The van der Waals surface area contributed by atoms with Gasteiger partial charge in [0, 0.05) is 18.3 Å². The summed E-state index contributed by atoms with van der Waals surface area (Å²) in [7, 11) is 1.79. The highest BCUT2D eigenvalue weighted by Gasteiger charge is 2.03. The SMILES string of the molecule is CNc1nc(Cc2cccs2)co1. The summed E-state index contributed by atoms with van der Waals surface area (Å²) in [6.45, 7) is 0. The number of anilines is 1. The molecule has 2 aromatic heterocycles. The van der Waals surface area contributed by atoms with Crippen LogP contribution in [-0.4, -0.2) is 12.0 Å². The summed E-state index contributed by atoms with van der Waals surface area (Å²) in [4.78, 5) is 5.53. The third-order valence-electron chi connectivity index (χ3n) is 1.70. The first-order valence-electron chi connectivity index (χ1n) is 4.03. The quantitative estimate of drug-likeness (QED) is 0.815. The summed E-state index contributed by atoms with van der Waals surface area (Å²) >= 11 is 1.73. The van der Waals surface area contributed by atoms with E-state index in [0.29, 0.717) is 6.01 Å². The third kappa shape index (κ3) is 1.89. The lowest BCUT2D eigenvalue weighted by molar-refractivity contribution is 0.574. The van der Waals surface area contributed by atoms with E-state index in [0.717, 1.165) is 12.1 Å². The molecule has 68 valence electrons. The standard InChI is InChI=1S/C9H10N2OS/c1-10-9-11-7(6-12-9)5-8-3-2-4-13-8/h2-4,6H,5H2,1H3,(H,10,11). The van der Waals surface area contributed by atoms with Gasteiger partial charge in [-0.3, -0.25) is 0 Å². The van der Waals surface area contributed by atoms with Crippen LogP contribution < -0.4 is 5.32 Å². The molecule has 0 aliphatic carbocycles. The summed E-state index contributed by atoms with van der Waals surface area (Å²) < 4.78 is 5.14. The highest BCUT2D eigenvalue weighted by Crippen LogP contribution is 2.15. The lowest BCUT2D eigenvalue weighted by Gasteiger charge is -1.89. The normalized spacial score (nSPS) is 10.2. The molecule has 0 saturated heterocycles. The first-order chi connectivity index (χ1) is 6.38. The second-order valence-corrected chi connectivity index (χ2v) is 3.68. The van der Waals surface area contributed by atoms with Crippen LogP contribution in [0.1, 0.15) is 10.6 Å². The van der Waals surface area contributed by atoms with Crippen LogP contribution in [0.5, 0.6) is 0 Å². The zero-order chi connectivity index (χ0) is 9.10. The van der Waals surface area contributed by atoms with Crippen molar-refractivity contribution in [1.29, 1.82) is 0 Å². The third-order valence-corrected chi connectivity index (χ3v) is 2.58. The molecule has 0 amide bonds. The van der Waals surface area contributed by atoms with Gasteiger partial charge in [-0.15, -0.1) is 11.3 Å². The molecule has 0 radical (unpaired) electrons. The van der Waals surface area contributed by atoms with Gasteiger partial charge in [-0.2, -0.15) is 4.98 Å². The van der Waals surface area contributed by atoms with Gasteiger partial charge in [0.05, 0.1) is 5.69 Å². The minimum atomic E-state index is 0.576. The summed E-state index contributed by atoms with van der Waals surface area (Å²) in [5.41, 5.74) is 0.965. The Bertz CT molecular complexity index is 367. The van der Waals surface area contributed by atoms with Gasteiger partial charge in [0.25, 0.3) is 6.01 Å². The van der Waals surface area contributed by atoms with Crippen LogP contribution in [0.4, 0.5) is 6.01 Å². The Hall–Kier alpha value is -1.29. The molecule has 2 rings (SSSR count). The summed E-state index contributed by atoms with van der Waals surface area (Å²) in [6, 6.07) is 4.71. The molecule has 0 saturated carbocycles. The van der Waals surface area contributed by atoms with Crippen LogP contribution in [0.25, 0.3) is 0 Å². The average Bonchev–Trinajstić information content (AvgIpc) is 2.76. The number of oxazole rings is 1. The maximum absolute atomic E-state index is 5.14. The fraction of sp³-hybridized carbons (Fsp3) is 0.222. The Labute approximate surface area is 80.4 Å². The van der Waals surface area contributed by atoms with Gasteiger partial charge in [0.1, 0.15) is 6.26 Å². The van der Waals surface area contributed by atoms with E-state index in [1.54, 1.807) is 24.6 Å². The minimum Gasteiger partial charge on any atom is -0.432 e.